The number of aromatic hydroxyl groups is 1. The molecule has 33 nitrogen and oxygen atoms in total. The molecule has 3 aromatic carbocycles. The number of benzene rings is 3. The van der Waals surface area contributed by atoms with Crippen molar-refractivity contribution in [2.75, 3.05) is 32.8 Å². The number of aliphatic hydroxyl groups is 1. The number of hydrogen-bond donors (Lipinski definition) is 17. The molecular formula is C85H127N17O16. The molecule has 0 radical (unpaired) electrons. The van der Waals surface area contributed by atoms with E-state index in [4.69, 9.17) is 11.5 Å². The lowest BCUT2D eigenvalue weighted by Crippen LogP contribution is -2.63. The number of rotatable bonds is 22. The number of nitrogens with one attached hydrogen (secondary N) is 13. The summed E-state index contributed by atoms with van der Waals surface area (Å²) in [6.45, 7) is 19.7. The highest BCUT2D eigenvalue weighted by Gasteiger charge is 2.46. The van der Waals surface area contributed by atoms with Gasteiger partial charge in [0.1, 0.15) is 90.3 Å². The lowest BCUT2D eigenvalue weighted by Gasteiger charge is -2.34. The number of nitrogens with two attached hydrogens (primary N) is 2. The van der Waals surface area contributed by atoms with Crippen molar-refractivity contribution < 1.29 is 77.3 Å². The van der Waals surface area contributed by atoms with Crippen LogP contribution < -0.4 is 75.3 Å². The monoisotopic (exact) mass is 1640 g/mol. The Labute approximate surface area is 691 Å². The van der Waals surface area contributed by atoms with E-state index in [0.29, 0.717) is 55.2 Å². The molecule has 7 rings (SSSR count). The van der Waals surface area contributed by atoms with Crippen molar-refractivity contribution in [3.63, 3.8) is 0 Å². The molecule has 14 amide bonds. The van der Waals surface area contributed by atoms with Crippen molar-refractivity contribution in [1.29, 1.82) is 0 Å². The third-order valence-electron chi connectivity index (χ3n) is 21.8. The third-order valence-corrected chi connectivity index (χ3v) is 21.8. The van der Waals surface area contributed by atoms with Crippen molar-refractivity contribution in [2.24, 2.45) is 47.0 Å². The highest BCUT2D eigenvalue weighted by atomic mass is 16.3. The highest BCUT2D eigenvalue weighted by Crippen LogP contribution is 2.29. The lowest BCUT2D eigenvalue weighted by molar-refractivity contribution is -0.148. The SMILES string of the molecule is CC(C)C[C@@H]1NC(=O)[C@@H]2CCCN2C(=O)C2CCCN2C(=O)[C@H](Cc2c[nH]c3ccccc23)NC(=O)[C@H](CCCCN)NC(=O)[C@H](C(C)C)NC(=O)[C@H](C(C)C)NC(=O)[C@H](Cc2ccc(O)cc2)NC(=O)[C@H](Cc2ccccc2)NC(=O)[C@H](C(C)C)NC(=O)[C@H](C(C)C)NC(=O)[C@H](CCCCN)NC(=O)[C@H](C(C)C)NC(=O)[C@H](CO)NC1=O. The van der Waals surface area contributed by atoms with E-state index in [1.54, 1.807) is 120 Å². The number of phenols is 1. The van der Waals surface area contributed by atoms with Crippen molar-refractivity contribution in [2.45, 2.75) is 258 Å². The Kier molecular flexibility index (Phi) is 36.4. The quantitative estimate of drug-likeness (QED) is 0.0493. The molecule has 3 aliphatic heterocycles. The number of amides is 14. The van der Waals surface area contributed by atoms with Crippen LogP contribution in [0.25, 0.3) is 10.9 Å². The second kappa shape index (κ2) is 45.4. The summed E-state index contributed by atoms with van der Waals surface area (Å²) in [5, 5.41) is 55.1. The normalized spacial score (nSPS) is 25.8. The number of para-hydroxylation sites is 1. The van der Waals surface area contributed by atoms with Gasteiger partial charge in [0.2, 0.25) is 82.7 Å². The second-order valence-corrected chi connectivity index (χ2v) is 33.5. The second-order valence-electron chi connectivity index (χ2n) is 33.5. The highest BCUT2D eigenvalue weighted by molar-refractivity contribution is 6.02. The average Bonchev–Trinajstić information content (AvgIpc) is 1.62. The van der Waals surface area contributed by atoms with Crippen molar-refractivity contribution in [3.8, 4) is 5.75 Å². The van der Waals surface area contributed by atoms with Crippen molar-refractivity contribution in [3.05, 3.63) is 102 Å². The average molecular weight is 1640 g/mol. The number of phenolic OH excluding ortho intramolecular Hbond substituents is 1. The first-order valence-corrected chi connectivity index (χ1v) is 41.7. The fraction of sp³-hybridized carbons (Fsp3) is 0.600. The van der Waals surface area contributed by atoms with Crippen LogP contribution in [-0.4, -0.2) is 225 Å². The number of hydrogen-bond acceptors (Lipinski definition) is 18. The van der Waals surface area contributed by atoms with Gasteiger partial charge in [-0.2, -0.15) is 0 Å². The molecule has 1 unspecified atom stereocenters. The first-order valence-electron chi connectivity index (χ1n) is 41.7. The van der Waals surface area contributed by atoms with E-state index >= 15 is 24.0 Å². The van der Waals surface area contributed by atoms with Gasteiger partial charge in [-0.1, -0.05) is 144 Å². The fourth-order valence-corrected chi connectivity index (χ4v) is 15.1. The maximum atomic E-state index is 15.6. The third kappa shape index (κ3) is 26.7. The Morgan fingerprint density at radius 2 is 0.737 bits per heavy atom. The summed E-state index contributed by atoms with van der Waals surface area (Å²) >= 11 is 0. The van der Waals surface area contributed by atoms with E-state index in [2.05, 4.69) is 68.8 Å². The predicted octanol–water partition coefficient (Wildman–Crippen LogP) is 1.29. The molecule has 0 aliphatic carbocycles. The van der Waals surface area contributed by atoms with E-state index < -0.39 is 203 Å². The van der Waals surface area contributed by atoms with Crippen LogP contribution in [0.3, 0.4) is 0 Å². The minimum atomic E-state index is -1.70. The number of aromatic nitrogens is 1. The predicted molar refractivity (Wildman–Crippen MR) is 443 cm³/mol. The van der Waals surface area contributed by atoms with Crippen LogP contribution >= 0.6 is 0 Å². The van der Waals surface area contributed by atoms with Crippen LogP contribution in [0.5, 0.6) is 5.75 Å². The maximum Gasteiger partial charge on any atom is 0.246 e. The van der Waals surface area contributed by atoms with Gasteiger partial charge < -0.3 is 100 Å². The molecule has 648 valence electrons. The zero-order valence-corrected chi connectivity index (χ0v) is 70.2. The smallest absolute Gasteiger partial charge is 0.246 e. The van der Waals surface area contributed by atoms with Gasteiger partial charge in [0.15, 0.2) is 0 Å². The number of fused-ring (bicyclic) bond motifs is 3. The van der Waals surface area contributed by atoms with E-state index in [0.717, 1.165) is 10.9 Å². The molecule has 0 saturated carbocycles. The molecule has 4 heterocycles. The number of aliphatic hydroxyl groups excluding tert-OH is 1. The van der Waals surface area contributed by atoms with Crippen LogP contribution in [-0.2, 0) is 86.4 Å². The minimum Gasteiger partial charge on any atom is -0.508 e. The van der Waals surface area contributed by atoms with Gasteiger partial charge in [0.05, 0.1) is 6.61 Å². The number of carbonyl (C=O) groups excluding carboxylic acids is 14. The minimum absolute atomic E-state index is 0.00103. The van der Waals surface area contributed by atoms with E-state index in [-0.39, 0.29) is 89.2 Å². The fourth-order valence-electron chi connectivity index (χ4n) is 15.1. The number of aromatic amines is 1. The lowest BCUT2D eigenvalue weighted by atomic mass is 9.97. The Balaban J connectivity index is 1.29. The molecule has 3 fully saturated rings. The molecule has 0 spiro atoms. The molecule has 33 heteroatoms. The summed E-state index contributed by atoms with van der Waals surface area (Å²) in [4.78, 5) is 214. The van der Waals surface area contributed by atoms with Crippen LogP contribution in [0, 0.1) is 35.5 Å². The van der Waals surface area contributed by atoms with E-state index in [1.807, 2.05) is 24.3 Å². The summed E-state index contributed by atoms with van der Waals surface area (Å²) in [6, 6.07) is 2.60. The summed E-state index contributed by atoms with van der Waals surface area (Å²) in [6.07, 6.45) is 3.84. The van der Waals surface area contributed by atoms with Gasteiger partial charge in [-0.15, -0.1) is 0 Å². The Morgan fingerprint density at radius 3 is 1.21 bits per heavy atom. The number of H-pyrrole nitrogens is 1. The molecule has 118 heavy (non-hydrogen) atoms. The Bertz CT molecular complexity index is 4100. The Hall–Kier alpha value is -10.5. The van der Waals surface area contributed by atoms with Gasteiger partial charge in [-0.3, -0.25) is 67.1 Å². The molecular weight excluding hydrogens is 1520 g/mol. The maximum absolute atomic E-state index is 15.6. The first kappa shape index (κ1) is 94.6. The zero-order valence-electron chi connectivity index (χ0n) is 70.2. The summed E-state index contributed by atoms with van der Waals surface area (Å²) in [7, 11) is 0. The topological polar surface area (TPSA) is 498 Å². The largest absolute Gasteiger partial charge is 0.508 e. The van der Waals surface area contributed by atoms with Crippen LogP contribution in [0.15, 0.2) is 85.1 Å². The molecule has 0 bridgehead atoms. The summed E-state index contributed by atoms with van der Waals surface area (Å²) in [5.41, 5.74) is 14.3. The van der Waals surface area contributed by atoms with E-state index in [1.165, 1.54) is 34.1 Å². The summed E-state index contributed by atoms with van der Waals surface area (Å²) in [5.74, 6) is -14.9. The molecule has 3 aliphatic rings. The van der Waals surface area contributed by atoms with Crippen LogP contribution in [0.4, 0.5) is 0 Å². The standard InChI is InChI=1S/C85H127N17O16/c1-46(2)40-60-74(107)95-64(45-103)77(110)98-67(47(3)4)79(112)90-59(29-19-21-37-87)73(106)96-70(50(9)10)82(115)100-69(49(7)8)81(114)93-61(41-52-24-14-13-15-25-52)75(108)91-62(42-53-32-34-55(104)35-33-53)76(109)97-71(51(11)12)83(116)99-68(48(5)6)80(113)89-58(28-18-20-36-86)72(105)94-63(43-54-44-88-57-27-17-16-26-56(54)57)84(117)102-39-23-31-66(102)85(118)101-38-22-30-65(101)78(111)92-60/h13-17,24-27,32-35,44,46-51,58-71,88,103-104H,18-23,28-31,36-43,45,86-87H2,1-12H3,(H,89,113)(H,90,112)(H,91,108)(H,92,111)(H,93,114)(H,94,105)(H,95,107)(H,96,106)(H,97,109)(H,98,110)(H,99,116)(H,100,115)/t58-,59-,60-,61-,62-,63-,64-,65-,66?,67-,68-,69-,70-,71-/m0/s1. The van der Waals surface area contributed by atoms with Crippen molar-refractivity contribution >= 4 is 93.6 Å². The molecule has 19 N–H and O–H groups in total. The number of nitrogens with zero attached hydrogens (tertiary/aromatic N) is 2. The molecule has 1 aromatic heterocycles. The summed E-state index contributed by atoms with van der Waals surface area (Å²) < 4.78 is 0. The Morgan fingerprint density at radius 1 is 0.373 bits per heavy atom. The number of unbranched alkanes of at least 4 members (excludes halogenated alkanes) is 2. The van der Waals surface area contributed by atoms with Crippen LogP contribution in [0.1, 0.15) is 170 Å². The molecule has 4 aromatic rings. The zero-order chi connectivity index (χ0) is 86.8. The van der Waals surface area contributed by atoms with Gasteiger partial charge in [0, 0.05) is 49.5 Å². The van der Waals surface area contributed by atoms with Gasteiger partial charge >= 0.3 is 0 Å². The van der Waals surface area contributed by atoms with Gasteiger partial charge in [-0.25, -0.2) is 0 Å². The molecule has 14 atom stereocenters. The van der Waals surface area contributed by atoms with E-state index in [9.17, 15) is 53.4 Å². The van der Waals surface area contributed by atoms with Gasteiger partial charge in [0.25, 0.3) is 0 Å². The number of carbonyl (C=O) groups is 14. The molecule has 3 saturated heterocycles. The first-order chi connectivity index (χ1) is 56.0. The van der Waals surface area contributed by atoms with Crippen molar-refractivity contribution in [1.82, 2.24) is 78.6 Å². The van der Waals surface area contributed by atoms with Gasteiger partial charge in [-0.05, 0) is 154 Å². The van der Waals surface area contributed by atoms with Crippen LogP contribution in [0.2, 0.25) is 0 Å².